The van der Waals surface area contributed by atoms with Gasteiger partial charge in [0.15, 0.2) is 0 Å². The van der Waals surface area contributed by atoms with Crippen LogP contribution < -0.4 is 5.32 Å². The van der Waals surface area contributed by atoms with E-state index < -0.39 is 19.1 Å². The summed E-state index contributed by atoms with van der Waals surface area (Å²) in [6.07, 6.45) is 2.26. The van der Waals surface area contributed by atoms with Gasteiger partial charge in [-0.15, -0.1) is 0 Å². The highest BCUT2D eigenvalue weighted by Gasteiger charge is 2.26. The number of rotatable bonds is 6. The molecule has 15 heavy (non-hydrogen) atoms. The smallest absolute Gasteiger partial charge is 0.282 e. The number of aliphatic hydroxyl groups is 1. The molecule has 2 N–H and O–H groups in total. The molecule has 1 aromatic rings. The Hall–Kier alpha value is -1.07. The average molecular weight is 216 g/mol. The Balaban J connectivity index is 2.18. The van der Waals surface area contributed by atoms with Crippen molar-refractivity contribution >= 4 is 0 Å². The molecule has 0 unspecified atom stereocenters. The van der Waals surface area contributed by atoms with Crippen molar-refractivity contribution in [2.45, 2.75) is 12.3 Å². The zero-order chi connectivity index (χ0) is 11.1. The van der Waals surface area contributed by atoms with Crippen LogP contribution in [-0.4, -0.2) is 35.7 Å². The first kappa shape index (κ1) is 12.0. The fourth-order valence-electron chi connectivity index (χ4n) is 1.09. The number of aromatic nitrogens is 1. The molecule has 1 rings (SSSR count). The lowest BCUT2D eigenvalue weighted by atomic mass is 10.2. The van der Waals surface area contributed by atoms with Crippen LogP contribution in [0.2, 0.25) is 0 Å². The molecule has 0 radical (unpaired) electrons. The second kappa shape index (κ2) is 5.72. The Morgan fingerprint density at radius 3 is 2.80 bits per heavy atom. The predicted octanol–water partition coefficient (Wildman–Crippen LogP) is 0.841. The van der Waals surface area contributed by atoms with E-state index in [0.29, 0.717) is 13.0 Å². The van der Waals surface area contributed by atoms with Gasteiger partial charge in [0.2, 0.25) is 0 Å². The molecule has 1 heterocycles. The van der Waals surface area contributed by atoms with Crippen LogP contribution in [0, 0.1) is 0 Å². The van der Waals surface area contributed by atoms with Gasteiger partial charge in [-0.2, -0.15) is 0 Å². The van der Waals surface area contributed by atoms with Crippen molar-refractivity contribution in [2.24, 2.45) is 0 Å². The predicted molar refractivity (Wildman–Crippen MR) is 52.8 cm³/mol. The summed E-state index contributed by atoms with van der Waals surface area (Å²) in [7, 11) is 0. The second-order valence-corrected chi connectivity index (χ2v) is 3.26. The molecular formula is C10H14F2N2O. The maximum absolute atomic E-state index is 12.6. The summed E-state index contributed by atoms with van der Waals surface area (Å²) in [5.41, 5.74) is 0.859. The maximum atomic E-state index is 12.6. The molecule has 0 aliphatic rings. The van der Waals surface area contributed by atoms with E-state index >= 15 is 0 Å². The van der Waals surface area contributed by atoms with E-state index in [1.807, 2.05) is 12.1 Å². The summed E-state index contributed by atoms with van der Waals surface area (Å²) >= 11 is 0. The molecule has 0 saturated carbocycles. The molecule has 0 aliphatic heterocycles. The van der Waals surface area contributed by atoms with Gasteiger partial charge in [-0.3, -0.25) is 4.98 Å². The molecule has 0 saturated heterocycles. The van der Waals surface area contributed by atoms with Crippen LogP contribution in [0.3, 0.4) is 0 Å². The summed E-state index contributed by atoms with van der Waals surface area (Å²) in [4.78, 5) is 4.06. The Morgan fingerprint density at radius 1 is 1.40 bits per heavy atom. The molecule has 0 fully saturated rings. The first-order chi connectivity index (χ1) is 7.14. The van der Waals surface area contributed by atoms with Gasteiger partial charge in [0, 0.05) is 24.9 Å². The maximum Gasteiger partial charge on any atom is 0.282 e. The van der Waals surface area contributed by atoms with E-state index in [1.54, 1.807) is 12.3 Å². The SMILES string of the molecule is OCC(F)(F)CNCCc1ccccn1. The minimum absolute atomic E-state index is 0.423. The molecule has 0 spiro atoms. The minimum Gasteiger partial charge on any atom is -0.390 e. The number of nitrogens with one attached hydrogen (secondary N) is 1. The molecule has 0 bridgehead atoms. The Bertz CT molecular complexity index is 280. The lowest BCUT2D eigenvalue weighted by molar-refractivity contribution is -0.0473. The van der Waals surface area contributed by atoms with Crippen LogP contribution in [0.1, 0.15) is 5.69 Å². The molecule has 3 nitrogen and oxygen atoms in total. The third-order valence-electron chi connectivity index (χ3n) is 1.90. The lowest BCUT2D eigenvalue weighted by Crippen LogP contribution is -2.36. The standard InChI is InChI=1S/C10H14F2N2O/c11-10(12,8-15)7-13-6-4-9-3-1-2-5-14-9/h1-3,5,13,15H,4,6-8H2. The molecule has 1 aromatic heterocycles. The van der Waals surface area contributed by atoms with Crippen molar-refractivity contribution in [3.05, 3.63) is 30.1 Å². The highest BCUT2D eigenvalue weighted by atomic mass is 19.3. The van der Waals surface area contributed by atoms with Crippen molar-refractivity contribution in [1.82, 2.24) is 10.3 Å². The van der Waals surface area contributed by atoms with Gasteiger partial charge in [-0.05, 0) is 12.1 Å². The van der Waals surface area contributed by atoms with Crippen LogP contribution in [0.4, 0.5) is 8.78 Å². The fourth-order valence-corrected chi connectivity index (χ4v) is 1.09. The molecule has 84 valence electrons. The second-order valence-electron chi connectivity index (χ2n) is 3.26. The van der Waals surface area contributed by atoms with Gasteiger partial charge in [0.25, 0.3) is 5.92 Å². The van der Waals surface area contributed by atoms with Crippen LogP contribution in [0.15, 0.2) is 24.4 Å². The number of halogens is 2. The third-order valence-corrected chi connectivity index (χ3v) is 1.90. The van der Waals surface area contributed by atoms with E-state index in [4.69, 9.17) is 5.11 Å². The third kappa shape index (κ3) is 4.80. The summed E-state index contributed by atoms with van der Waals surface area (Å²) in [6, 6.07) is 5.49. The highest BCUT2D eigenvalue weighted by molar-refractivity contribution is 5.03. The molecular weight excluding hydrogens is 202 g/mol. The lowest BCUT2D eigenvalue weighted by Gasteiger charge is -2.13. The van der Waals surface area contributed by atoms with Crippen molar-refractivity contribution in [3.63, 3.8) is 0 Å². The van der Waals surface area contributed by atoms with E-state index in [0.717, 1.165) is 5.69 Å². The molecule has 0 amide bonds. The summed E-state index contributed by atoms with van der Waals surface area (Å²) in [6.45, 7) is -1.20. The van der Waals surface area contributed by atoms with Gasteiger partial charge < -0.3 is 10.4 Å². The fraction of sp³-hybridized carbons (Fsp3) is 0.500. The zero-order valence-electron chi connectivity index (χ0n) is 8.29. The number of nitrogens with zero attached hydrogens (tertiary/aromatic N) is 1. The van der Waals surface area contributed by atoms with E-state index in [-0.39, 0.29) is 0 Å². The zero-order valence-corrected chi connectivity index (χ0v) is 8.29. The topological polar surface area (TPSA) is 45.1 Å². The number of hydrogen-bond acceptors (Lipinski definition) is 3. The van der Waals surface area contributed by atoms with Gasteiger partial charge >= 0.3 is 0 Å². The van der Waals surface area contributed by atoms with Gasteiger partial charge in [0.1, 0.15) is 6.61 Å². The molecule has 5 heteroatoms. The quantitative estimate of drug-likeness (QED) is 0.693. The van der Waals surface area contributed by atoms with Gasteiger partial charge in [0.05, 0.1) is 6.54 Å². The highest BCUT2D eigenvalue weighted by Crippen LogP contribution is 2.09. The number of alkyl halides is 2. The van der Waals surface area contributed by atoms with Crippen molar-refractivity contribution in [1.29, 1.82) is 0 Å². The van der Waals surface area contributed by atoms with E-state index in [9.17, 15) is 8.78 Å². The average Bonchev–Trinajstić information content (AvgIpc) is 2.26. The van der Waals surface area contributed by atoms with E-state index in [2.05, 4.69) is 10.3 Å². The normalized spacial score (nSPS) is 11.7. The molecule has 0 atom stereocenters. The van der Waals surface area contributed by atoms with Crippen molar-refractivity contribution in [3.8, 4) is 0 Å². The largest absolute Gasteiger partial charge is 0.390 e. The number of aliphatic hydroxyl groups excluding tert-OH is 1. The first-order valence-corrected chi connectivity index (χ1v) is 4.73. The summed E-state index contributed by atoms with van der Waals surface area (Å²) in [5.74, 6) is -3.04. The monoisotopic (exact) mass is 216 g/mol. The molecule has 0 aliphatic carbocycles. The number of hydrogen-bond donors (Lipinski definition) is 2. The first-order valence-electron chi connectivity index (χ1n) is 4.73. The Labute approximate surface area is 87.2 Å². The Morgan fingerprint density at radius 2 is 2.20 bits per heavy atom. The van der Waals surface area contributed by atoms with Crippen LogP contribution in [0.5, 0.6) is 0 Å². The summed E-state index contributed by atoms with van der Waals surface area (Å²) in [5, 5.41) is 10.9. The summed E-state index contributed by atoms with van der Waals surface area (Å²) < 4.78 is 25.1. The number of pyridine rings is 1. The Kier molecular flexibility index (Phi) is 4.58. The van der Waals surface area contributed by atoms with Crippen molar-refractivity contribution in [2.75, 3.05) is 19.7 Å². The van der Waals surface area contributed by atoms with Crippen LogP contribution in [0.25, 0.3) is 0 Å². The van der Waals surface area contributed by atoms with Gasteiger partial charge in [-0.25, -0.2) is 8.78 Å². The van der Waals surface area contributed by atoms with Crippen molar-refractivity contribution < 1.29 is 13.9 Å². The van der Waals surface area contributed by atoms with Crippen LogP contribution in [-0.2, 0) is 6.42 Å². The minimum atomic E-state index is -3.04. The van der Waals surface area contributed by atoms with E-state index in [1.165, 1.54) is 0 Å². The van der Waals surface area contributed by atoms with Crippen LogP contribution >= 0.6 is 0 Å². The van der Waals surface area contributed by atoms with Gasteiger partial charge in [-0.1, -0.05) is 6.07 Å². The molecule has 0 aromatic carbocycles.